The van der Waals surface area contributed by atoms with Gasteiger partial charge in [-0.2, -0.15) is 0 Å². The number of ether oxygens (including phenoxy) is 2. The number of carbonyl (C=O) groups is 1. The number of benzene rings is 2. The highest BCUT2D eigenvalue weighted by atomic mass is 16.5. The molecule has 0 aliphatic rings. The number of hydrogen-bond acceptors (Lipinski definition) is 4. The summed E-state index contributed by atoms with van der Waals surface area (Å²) in [5, 5.41) is 0. The molecule has 0 atom stereocenters. The third kappa shape index (κ3) is 5.73. The molecule has 2 aromatic rings. The number of methoxy groups -OCH3 is 2. The molecule has 5 heteroatoms. The molecule has 0 fully saturated rings. The lowest BCUT2D eigenvalue weighted by molar-refractivity contribution is -0.131. The van der Waals surface area contributed by atoms with Crippen molar-refractivity contribution >= 4 is 5.91 Å². The van der Waals surface area contributed by atoms with Gasteiger partial charge in [0.2, 0.25) is 5.91 Å². The van der Waals surface area contributed by atoms with Crippen molar-refractivity contribution in [2.45, 2.75) is 26.9 Å². The van der Waals surface area contributed by atoms with Crippen LogP contribution in [0.2, 0.25) is 0 Å². The molecule has 0 bridgehead atoms. The summed E-state index contributed by atoms with van der Waals surface area (Å²) >= 11 is 0. The smallest absolute Gasteiger partial charge is 0.236 e. The lowest BCUT2D eigenvalue weighted by atomic mass is 10.1. The molecule has 0 aromatic heterocycles. The normalized spacial score (nSPS) is 10.7. The van der Waals surface area contributed by atoms with E-state index in [9.17, 15) is 4.79 Å². The maximum Gasteiger partial charge on any atom is 0.236 e. The molecule has 0 aliphatic heterocycles. The molecule has 5 nitrogen and oxygen atoms in total. The van der Waals surface area contributed by atoms with Crippen LogP contribution in [0, 0.1) is 6.92 Å². The van der Waals surface area contributed by atoms with Crippen LogP contribution in [-0.2, 0) is 17.9 Å². The van der Waals surface area contributed by atoms with Gasteiger partial charge in [-0.15, -0.1) is 0 Å². The molecule has 0 N–H and O–H groups in total. The fourth-order valence-electron chi connectivity index (χ4n) is 2.96. The zero-order chi connectivity index (χ0) is 19.8. The molecule has 2 rings (SSSR count). The predicted molar refractivity (Wildman–Crippen MR) is 108 cm³/mol. The minimum Gasteiger partial charge on any atom is -0.493 e. The van der Waals surface area contributed by atoms with Crippen LogP contribution in [0.15, 0.2) is 42.5 Å². The van der Waals surface area contributed by atoms with Gasteiger partial charge in [0.1, 0.15) is 0 Å². The maximum absolute atomic E-state index is 12.7. The molecule has 0 unspecified atom stereocenters. The van der Waals surface area contributed by atoms with Crippen molar-refractivity contribution in [2.24, 2.45) is 0 Å². The van der Waals surface area contributed by atoms with Crippen molar-refractivity contribution in [1.29, 1.82) is 0 Å². The molecule has 0 aliphatic carbocycles. The molecule has 146 valence electrons. The molecule has 0 radical (unpaired) electrons. The Bertz CT molecular complexity index is 761. The summed E-state index contributed by atoms with van der Waals surface area (Å²) in [6.07, 6.45) is 0. The fourth-order valence-corrected chi connectivity index (χ4v) is 2.96. The maximum atomic E-state index is 12.7. The van der Waals surface area contributed by atoms with E-state index in [4.69, 9.17) is 9.47 Å². The van der Waals surface area contributed by atoms with E-state index in [2.05, 4.69) is 30.9 Å². The van der Waals surface area contributed by atoms with E-state index in [1.807, 2.05) is 37.4 Å². The van der Waals surface area contributed by atoms with E-state index in [1.165, 1.54) is 11.1 Å². The molecule has 1 amide bonds. The molecular formula is C22H30N2O3. The monoisotopic (exact) mass is 370 g/mol. The van der Waals surface area contributed by atoms with Crippen LogP contribution in [0.4, 0.5) is 0 Å². The Morgan fingerprint density at radius 1 is 1.00 bits per heavy atom. The van der Waals surface area contributed by atoms with Crippen molar-refractivity contribution in [3.63, 3.8) is 0 Å². The van der Waals surface area contributed by atoms with Gasteiger partial charge in [0, 0.05) is 20.1 Å². The van der Waals surface area contributed by atoms with Crippen LogP contribution in [-0.4, -0.2) is 50.1 Å². The quantitative estimate of drug-likeness (QED) is 0.678. The lowest BCUT2D eigenvalue weighted by Crippen LogP contribution is -2.37. The first kappa shape index (κ1) is 20.8. The minimum absolute atomic E-state index is 0.112. The number of likely N-dealkylation sites (N-methyl/N-ethyl adjacent to an activating group) is 2. The summed E-state index contributed by atoms with van der Waals surface area (Å²) < 4.78 is 10.7. The standard InChI is InChI=1S/C22H30N2O3/c1-6-24(14-18-11-12-20(26-4)21(13-18)27-5)16-22(25)23(3)15-19-10-8-7-9-17(19)2/h7-13H,6,14-16H2,1-5H3. The van der Waals surface area contributed by atoms with Gasteiger partial charge in [-0.05, 0) is 42.3 Å². The number of nitrogens with zero attached hydrogens (tertiary/aromatic N) is 2. The third-order valence-electron chi connectivity index (χ3n) is 4.75. The van der Waals surface area contributed by atoms with Gasteiger partial charge in [-0.25, -0.2) is 0 Å². The molecular weight excluding hydrogens is 340 g/mol. The summed E-state index contributed by atoms with van der Waals surface area (Å²) in [7, 11) is 5.11. The van der Waals surface area contributed by atoms with Crippen LogP contribution in [0.1, 0.15) is 23.6 Å². The van der Waals surface area contributed by atoms with Gasteiger partial charge in [0.15, 0.2) is 11.5 Å². The zero-order valence-electron chi connectivity index (χ0n) is 17.0. The predicted octanol–water partition coefficient (Wildman–Crippen LogP) is 3.49. The second kappa shape index (κ2) is 9.97. The Morgan fingerprint density at radius 3 is 2.33 bits per heavy atom. The molecule has 2 aromatic carbocycles. The first-order valence-corrected chi connectivity index (χ1v) is 9.20. The molecule has 27 heavy (non-hydrogen) atoms. The minimum atomic E-state index is 0.112. The van der Waals surface area contributed by atoms with Crippen molar-refractivity contribution in [3.8, 4) is 11.5 Å². The van der Waals surface area contributed by atoms with Crippen LogP contribution >= 0.6 is 0 Å². The summed E-state index contributed by atoms with van der Waals surface area (Å²) in [5.74, 6) is 1.52. The van der Waals surface area contributed by atoms with Crippen molar-refractivity contribution in [2.75, 3.05) is 34.4 Å². The van der Waals surface area contributed by atoms with Crippen molar-refractivity contribution in [1.82, 2.24) is 9.80 Å². The average Bonchev–Trinajstić information content (AvgIpc) is 2.68. The SMILES string of the molecule is CCN(CC(=O)N(C)Cc1ccccc1C)Cc1ccc(OC)c(OC)c1. The Hall–Kier alpha value is -2.53. The van der Waals surface area contributed by atoms with Crippen LogP contribution in [0.5, 0.6) is 11.5 Å². The van der Waals surface area contributed by atoms with E-state index in [1.54, 1.807) is 19.1 Å². The number of carbonyl (C=O) groups excluding carboxylic acids is 1. The fraction of sp³-hybridized carbons (Fsp3) is 0.409. The zero-order valence-corrected chi connectivity index (χ0v) is 17.0. The third-order valence-corrected chi connectivity index (χ3v) is 4.75. The van der Waals surface area contributed by atoms with Crippen LogP contribution in [0.25, 0.3) is 0 Å². The van der Waals surface area contributed by atoms with E-state index in [-0.39, 0.29) is 5.91 Å². The second-order valence-electron chi connectivity index (χ2n) is 6.67. The number of hydrogen-bond donors (Lipinski definition) is 0. The van der Waals surface area contributed by atoms with E-state index in [0.29, 0.717) is 31.1 Å². The van der Waals surface area contributed by atoms with Gasteiger partial charge in [-0.1, -0.05) is 37.3 Å². The number of amides is 1. The lowest BCUT2D eigenvalue weighted by Gasteiger charge is -2.25. The molecule has 0 saturated carbocycles. The molecule has 0 spiro atoms. The Morgan fingerprint density at radius 2 is 1.70 bits per heavy atom. The van der Waals surface area contributed by atoms with Gasteiger partial charge in [0.25, 0.3) is 0 Å². The number of aryl methyl sites for hydroxylation is 1. The van der Waals surface area contributed by atoms with Crippen molar-refractivity contribution in [3.05, 3.63) is 59.2 Å². The van der Waals surface area contributed by atoms with E-state index >= 15 is 0 Å². The van der Waals surface area contributed by atoms with E-state index in [0.717, 1.165) is 12.1 Å². The Balaban J connectivity index is 1.99. The van der Waals surface area contributed by atoms with Crippen molar-refractivity contribution < 1.29 is 14.3 Å². The summed E-state index contributed by atoms with van der Waals surface area (Å²) in [5.41, 5.74) is 3.47. The first-order chi connectivity index (χ1) is 13.0. The van der Waals surface area contributed by atoms with Crippen LogP contribution < -0.4 is 9.47 Å². The average molecular weight is 370 g/mol. The van der Waals surface area contributed by atoms with Gasteiger partial charge in [-0.3, -0.25) is 9.69 Å². The molecule has 0 heterocycles. The second-order valence-corrected chi connectivity index (χ2v) is 6.67. The van der Waals surface area contributed by atoms with Gasteiger partial charge >= 0.3 is 0 Å². The summed E-state index contributed by atoms with van der Waals surface area (Å²) in [6, 6.07) is 14.0. The van der Waals surface area contributed by atoms with Gasteiger partial charge in [0.05, 0.1) is 20.8 Å². The first-order valence-electron chi connectivity index (χ1n) is 9.20. The van der Waals surface area contributed by atoms with E-state index < -0.39 is 0 Å². The number of rotatable bonds is 9. The molecule has 0 saturated heterocycles. The summed E-state index contributed by atoms with van der Waals surface area (Å²) in [6.45, 7) is 6.62. The highest BCUT2D eigenvalue weighted by Gasteiger charge is 2.15. The highest BCUT2D eigenvalue weighted by molar-refractivity contribution is 5.78. The van der Waals surface area contributed by atoms with Gasteiger partial charge < -0.3 is 14.4 Å². The summed E-state index contributed by atoms with van der Waals surface area (Å²) in [4.78, 5) is 16.6. The largest absolute Gasteiger partial charge is 0.493 e. The Labute approximate surface area is 162 Å². The highest BCUT2D eigenvalue weighted by Crippen LogP contribution is 2.28. The Kier molecular flexibility index (Phi) is 7.67. The van der Waals surface area contributed by atoms with Crippen LogP contribution in [0.3, 0.4) is 0 Å². The topological polar surface area (TPSA) is 42.0 Å².